The van der Waals surface area contributed by atoms with E-state index in [4.69, 9.17) is 0 Å². The lowest BCUT2D eigenvalue weighted by molar-refractivity contribution is -0.127. The van der Waals surface area contributed by atoms with E-state index in [1.807, 2.05) is 60.7 Å². The van der Waals surface area contributed by atoms with E-state index < -0.39 is 6.04 Å². The maximum atomic E-state index is 12.6. The average molecular weight is 362 g/mol. The van der Waals surface area contributed by atoms with Crippen LogP contribution in [-0.4, -0.2) is 17.9 Å². The van der Waals surface area contributed by atoms with Crippen LogP contribution in [0.25, 0.3) is 6.08 Å². The molecule has 1 aliphatic rings. The predicted octanol–water partition coefficient (Wildman–Crippen LogP) is 3.72. The molecule has 1 saturated carbocycles. The van der Waals surface area contributed by atoms with E-state index in [0.29, 0.717) is 11.8 Å². The Morgan fingerprint density at radius 1 is 1.00 bits per heavy atom. The highest BCUT2D eigenvalue weighted by atomic mass is 16.2. The highest BCUT2D eigenvalue weighted by Gasteiger charge is 2.41. The lowest BCUT2D eigenvalue weighted by Crippen LogP contribution is -2.45. The Bertz CT molecular complexity index is 802. The van der Waals surface area contributed by atoms with Gasteiger partial charge in [-0.15, -0.1) is 0 Å². The zero-order valence-corrected chi connectivity index (χ0v) is 15.8. The number of carbonyl (C=O) groups excluding carboxylic acids is 2. The molecule has 2 N–H and O–H groups in total. The molecule has 4 nitrogen and oxygen atoms in total. The van der Waals surface area contributed by atoms with E-state index in [0.717, 1.165) is 17.5 Å². The lowest BCUT2D eigenvalue weighted by atomic mass is 10.0. The van der Waals surface area contributed by atoms with Gasteiger partial charge in [0.25, 0.3) is 0 Å². The van der Waals surface area contributed by atoms with Gasteiger partial charge in [0.15, 0.2) is 0 Å². The molecular weight excluding hydrogens is 336 g/mol. The van der Waals surface area contributed by atoms with Crippen LogP contribution in [0, 0.1) is 11.8 Å². The molecule has 0 aliphatic heterocycles. The van der Waals surface area contributed by atoms with Crippen molar-refractivity contribution in [2.45, 2.75) is 32.4 Å². The van der Waals surface area contributed by atoms with E-state index >= 15 is 0 Å². The van der Waals surface area contributed by atoms with E-state index in [1.54, 1.807) is 13.0 Å². The van der Waals surface area contributed by atoms with E-state index in [1.165, 1.54) is 6.08 Å². The molecule has 2 aromatic carbocycles. The lowest BCUT2D eigenvalue weighted by Gasteiger charge is -2.22. The maximum absolute atomic E-state index is 12.6. The third-order valence-corrected chi connectivity index (χ3v) is 5.04. The fourth-order valence-corrected chi connectivity index (χ4v) is 3.25. The van der Waals surface area contributed by atoms with E-state index in [-0.39, 0.29) is 17.9 Å². The van der Waals surface area contributed by atoms with Gasteiger partial charge in [-0.2, -0.15) is 0 Å². The molecule has 1 aliphatic carbocycles. The number of amides is 2. The zero-order valence-electron chi connectivity index (χ0n) is 15.8. The first kappa shape index (κ1) is 18.9. The Labute approximate surface area is 160 Å². The van der Waals surface area contributed by atoms with Crippen molar-refractivity contribution in [1.29, 1.82) is 0 Å². The van der Waals surface area contributed by atoms with Gasteiger partial charge in [-0.1, -0.05) is 67.6 Å². The Morgan fingerprint density at radius 2 is 1.59 bits per heavy atom. The molecule has 0 spiro atoms. The van der Waals surface area contributed by atoms with Gasteiger partial charge in [-0.05, 0) is 42.4 Å². The van der Waals surface area contributed by atoms with Gasteiger partial charge in [0.1, 0.15) is 6.04 Å². The van der Waals surface area contributed by atoms with Crippen LogP contribution < -0.4 is 10.6 Å². The predicted molar refractivity (Wildman–Crippen MR) is 108 cm³/mol. The molecule has 0 saturated heterocycles. The van der Waals surface area contributed by atoms with Crippen LogP contribution in [0.4, 0.5) is 0 Å². The minimum absolute atomic E-state index is 0.00656. The Hall–Kier alpha value is -2.88. The molecule has 2 aromatic rings. The Kier molecular flexibility index (Phi) is 6.07. The molecule has 4 unspecified atom stereocenters. The molecular formula is C23H26N2O2. The van der Waals surface area contributed by atoms with Crippen LogP contribution in [-0.2, 0) is 9.59 Å². The summed E-state index contributed by atoms with van der Waals surface area (Å²) in [7, 11) is 0. The summed E-state index contributed by atoms with van der Waals surface area (Å²) in [6.45, 7) is 3.91. The molecule has 27 heavy (non-hydrogen) atoms. The third-order valence-electron chi connectivity index (χ3n) is 5.04. The van der Waals surface area contributed by atoms with Crippen molar-refractivity contribution < 1.29 is 9.59 Å². The molecule has 4 heteroatoms. The van der Waals surface area contributed by atoms with Crippen molar-refractivity contribution in [2.75, 3.05) is 0 Å². The first-order chi connectivity index (χ1) is 13.0. The van der Waals surface area contributed by atoms with Crippen molar-refractivity contribution in [2.24, 2.45) is 11.8 Å². The zero-order chi connectivity index (χ0) is 19.2. The Morgan fingerprint density at radius 3 is 2.19 bits per heavy atom. The second-order valence-electron chi connectivity index (χ2n) is 7.25. The molecule has 0 aromatic heterocycles. The number of hydrogen-bond acceptors (Lipinski definition) is 2. The van der Waals surface area contributed by atoms with Crippen molar-refractivity contribution >= 4 is 17.9 Å². The molecule has 1 fully saturated rings. The molecule has 2 amide bonds. The number of rotatable bonds is 7. The van der Waals surface area contributed by atoms with E-state index in [9.17, 15) is 9.59 Å². The molecule has 0 bridgehead atoms. The van der Waals surface area contributed by atoms with Crippen molar-refractivity contribution in [1.82, 2.24) is 10.6 Å². The molecule has 0 heterocycles. The molecule has 4 atom stereocenters. The van der Waals surface area contributed by atoms with Crippen LogP contribution in [0.5, 0.6) is 0 Å². The monoisotopic (exact) mass is 362 g/mol. The number of hydrogen-bond donors (Lipinski definition) is 2. The van der Waals surface area contributed by atoms with E-state index in [2.05, 4.69) is 17.6 Å². The summed E-state index contributed by atoms with van der Waals surface area (Å²) in [4.78, 5) is 24.7. The van der Waals surface area contributed by atoms with Crippen LogP contribution in [0.3, 0.4) is 0 Å². The Balaban J connectivity index is 1.57. The second kappa shape index (κ2) is 8.67. The summed E-state index contributed by atoms with van der Waals surface area (Å²) in [5.74, 6) is 0.619. The summed E-state index contributed by atoms with van der Waals surface area (Å²) in [5, 5.41) is 5.87. The van der Waals surface area contributed by atoms with Gasteiger partial charge in [0.05, 0.1) is 6.04 Å². The normalized spacial score (nSPS) is 20.7. The third kappa shape index (κ3) is 5.30. The van der Waals surface area contributed by atoms with Gasteiger partial charge in [0.2, 0.25) is 11.8 Å². The quantitative estimate of drug-likeness (QED) is 0.738. The fourth-order valence-electron chi connectivity index (χ4n) is 3.25. The minimum atomic E-state index is -0.599. The average Bonchev–Trinajstić information content (AvgIpc) is 3.42. The molecule has 140 valence electrons. The van der Waals surface area contributed by atoms with Gasteiger partial charge in [-0.3, -0.25) is 9.59 Å². The summed E-state index contributed by atoms with van der Waals surface area (Å²) < 4.78 is 0. The summed E-state index contributed by atoms with van der Waals surface area (Å²) in [6, 6.07) is 19.0. The van der Waals surface area contributed by atoms with Crippen molar-refractivity contribution in [3.8, 4) is 0 Å². The first-order valence-electron chi connectivity index (χ1n) is 9.43. The highest BCUT2D eigenvalue weighted by Crippen LogP contribution is 2.46. The van der Waals surface area contributed by atoms with Crippen LogP contribution in [0.1, 0.15) is 37.4 Å². The smallest absolute Gasteiger partial charge is 0.244 e. The number of carbonyl (C=O) groups is 2. The van der Waals surface area contributed by atoms with Crippen molar-refractivity contribution in [3.63, 3.8) is 0 Å². The second-order valence-corrected chi connectivity index (χ2v) is 7.25. The van der Waals surface area contributed by atoms with Gasteiger partial charge in [-0.25, -0.2) is 0 Å². The van der Waals surface area contributed by atoms with Crippen LogP contribution in [0.2, 0.25) is 0 Å². The standard InChI is InChI=1S/C23H26N2O2/c1-16-15-20(16)22(19-11-7-4-8-12-19)25-23(27)17(2)24-21(26)14-13-18-9-5-3-6-10-18/h3-14,16-17,20,22H,15H2,1-2H3,(H,24,26)(H,25,27)/b14-13+. The maximum Gasteiger partial charge on any atom is 0.244 e. The number of benzene rings is 2. The minimum Gasteiger partial charge on any atom is -0.347 e. The largest absolute Gasteiger partial charge is 0.347 e. The molecule has 0 radical (unpaired) electrons. The van der Waals surface area contributed by atoms with Gasteiger partial charge in [0, 0.05) is 6.08 Å². The first-order valence-corrected chi connectivity index (χ1v) is 9.43. The summed E-state index contributed by atoms with van der Waals surface area (Å²) in [6.07, 6.45) is 4.30. The fraction of sp³-hybridized carbons (Fsp3) is 0.304. The van der Waals surface area contributed by atoms with Gasteiger partial charge < -0.3 is 10.6 Å². The number of nitrogens with one attached hydrogen (secondary N) is 2. The highest BCUT2D eigenvalue weighted by molar-refractivity contribution is 5.95. The van der Waals surface area contributed by atoms with Crippen LogP contribution >= 0.6 is 0 Å². The SMILES string of the molecule is CC(NC(=O)/C=C/c1ccccc1)C(=O)NC(c1ccccc1)C1CC1C. The topological polar surface area (TPSA) is 58.2 Å². The summed E-state index contributed by atoms with van der Waals surface area (Å²) >= 11 is 0. The van der Waals surface area contributed by atoms with Crippen LogP contribution in [0.15, 0.2) is 66.7 Å². The van der Waals surface area contributed by atoms with Crippen molar-refractivity contribution in [3.05, 3.63) is 77.9 Å². The van der Waals surface area contributed by atoms with Gasteiger partial charge >= 0.3 is 0 Å². The summed E-state index contributed by atoms with van der Waals surface area (Å²) in [5.41, 5.74) is 2.05. The molecule has 3 rings (SSSR count).